The lowest BCUT2D eigenvalue weighted by Gasteiger charge is -2.62. The van der Waals surface area contributed by atoms with Crippen molar-refractivity contribution in [3.05, 3.63) is 151 Å². The van der Waals surface area contributed by atoms with Crippen LogP contribution >= 0.6 is 23.5 Å². The lowest BCUT2D eigenvalue weighted by atomic mass is 9.71. The molecule has 14 aliphatic heterocycles. The maximum Gasteiger partial charge on any atom is 0.514 e. The Morgan fingerprint density at radius 2 is 0.991 bits per heavy atom. The van der Waals surface area contributed by atoms with E-state index in [9.17, 15) is 50.0 Å². The number of methoxy groups -OCH3 is 4. The Balaban J connectivity index is 0.000000180. The van der Waals surface area contributed by atoms with Gasteiger partial charge >= 0.3 is 24.2 Å². The number of aliphatic hydroxyl groups excluding tert-OH is 1. The molecule has 8 bridgehead atoms. The van der Waals surface area contributed by atoms with Crippen LogP contribution in [-0.2, 0) is 65.3 Å². The topological polar surface area (TPSA) is 359 Å². The quantitative estimate of drug-likeness (QED) is 0.0290. The highest BCUT2D eigenvalue weighted by Gasteiger charge is 2.65. The van der Waals surface area contributed by atoms with Gasteiger partial charge in [0.15, 0.2) is 80.1 Å². The number of benzene rings is 6. The average molecular weight is 1650 g/mol. The number of aliphatic hydroxyl groups is 1. The van der Waals surface area contributed by atoms with E-state index in [0.29, 0.717) is 129 Å². The van der Waals surface area contributed by atoms with Crippen LogP contribution in [0, 0.1) is 39.0 Å². The SMILES string of the molecule is C.C.C=CCOC(=O)Oc1c(C)c2c(c3c1[C@H]1SC[C@]4(NCCc5cc(O)c(OC)cc54)C(=O)OC[C@@H]3N3C1[C@H]1c4c(cc(C)c(OC)c4O)C[C@@H]([C@@H]3C#N)N1C)OCO2.C=CCOC(=O)Oc1c(C)c2c(c3c1[C@H]1SC[C@]4(NCCc5cc(O)c(OC)cc54)C(=O)OC[C@@H]3N3C1[C@H]1c4c(cc(C)c(OC)c4O)C[C@@H]([C@@H]3O)N1C)OCO2. The molecule has 0 aliphatic carbocycles. The molecule has 4 saturated heterocycles. The highest BCUT2D eigenvalue weighted by atomic mass is 32.2. The molecule has 14 aliphatic rings. The molecule has 20 rings (SSSR count). The van der Waals surface area contributed by atoms with Crippen molar-refractivity contribution in [2.24, 2.45) is 0 Å². The van der Waals surface area contributed by atoms with Crippen molar-refractivity contribution in [1.29, 1.82) is 5.26 Å². The van der Waals surface area contributed by atoms with Crippen molar-refractivity contribution in [2.75, 3.05) is 107 Å². The summed E-state index contributed by atoms with van der Waals surface area (Å²) in [5, 5.41) is 75.2. The largest absolute Gasteiger partial charge is 0.514 e. The Morgan fingerprint density at radius 3 is 1.42 bits per heavy atom. The third-order valence-electron chi connectivity index (χ3n) is 25.2. The van der Waals surface area contributed by atoms with E-state index in [2.05, 4.69) is 44.6 Å². The number of ether oxygens (including phenoxy) is 14. The van der Waals surface area contributed by atoms with E-state index < -0.39 is 100 Å². The van der Waals surface area contributed by atoms with Crippen LogP contribution in [0.1, 0.15) is 139 Å². The number of nitrogens with one attached hydrogen (secondary N) is 2. The van der Waals surface area contributed by atoms with Crippen LogP contribution in [0.25, 0.3) is 0 Å². The van der Waals surface area contributed by atoms with Crippen molar-refractivity contribution >= 4 is 47.8 Å². The van der Waals surface area contributed by atoms with E-state index in [1.165, 1.54) is 64.1 Å². The highest BCUT2D eigenvalue weighted by Crippen LogP contribution is 2.68. The van der Waals surface area contributed by atoms with Gasteiger partial charge in [0.25, 0.3) is 0 Å². The maximum absolute atomic E-state index is 14.8. The molecule has 32 heteroatoms. The lowest BCUT2D eigenvalue weighted by Crippen LogP contribution is -2.70. The van der Waals surface area contributed by atoms with Gasteiger partial charge in [-0.2, -0.15) is 5.26 Å². The number of hydrogen-bond donors (Lipinski definition) is 7. The number of hydrogen-bond acceptors (Lipinski definition) is 32. The van der Waals surface area contributed by atoms with Crippen LogP contribution in [-0.4, -0.2) is 213 Å². The number of carbonyl (C=O) groups is 4. The second kappa shape index (κ2) is 31.3. The molecule has 622 valence electrons. The summed E-state index contributed by atoms with van der Waals surface area (Å²) in [4.78, 5) is 64.8. The summed E-state index contributed by atoms with van der Waals surface area (Å²) in [7, 11) is 9.87. The number of rotatable bonds is 10. The monoisotopic (exact) mass is 1650 g/mol. The number of aryl methyl sites for hydroxylation is 2. The lowest BCUT2D eigenvalue weighted by molar-refractivity contribution is -0.186. The van der Waals surface area contributed by atoms with E-state index in [0.717, 1.165) is 33.4 Å². The van der Waals surface area contributed by atoms with Crippen molar-refractivity contribution in [2.45, 2.75) is 150 Å². The molecule has 6 aromatic rings. The first-order valence-corrected chi connectivity index (χ1v) is 40.1. The molecule has 0 aromatic heterocycles. The molecule has 2 unspecified atom stereocenters. The zero-order chi connectivity index (χ0) is 80.9. The van der Waals surface area contributed by atoms with Crippen LogP contribution < -0.4 is 58.0 Å². The number of phenolic OH excluding ortho intramolecular Hbond substituents is 4. The Bertz CT molecular complexity index is 5160. The molecule has 117 heavy (non-hydrogen) atoms. The van der Waals surface area contributed by atoms with Crippen LogP contribution in [0.2, 0.25) is 0 Å². The van der Waals surface area contributed by atoms with Crippen molar-refractivity contribution in [3.63, 3.8) is 0 Å². The number of carbonyl (C=O) groups excluding carboxylic acids is 4. The van der Waals surface area contributed by atoms with Crippen LogP contribution in [0.15, 0.2) is 61.7 Å². The van der Waals surface area contributed by atoms with Crippen molar-refractivity contribution < 1.29 is 111 Å². The predicted molar refractivity (Wildman–Crippen MR) is 428 cm³/mol. The number of thioether (sulfide) groups is 2. The number of nitriles is 1. The summed E-state index contributed by atoms with van der Waals surface area (Å²) in [6, 6.07) is 7.90. The molecule has 0 radical (unpaired) electrons. The van der Waals surface area contributed by atoms with Gasteiger partial charge in [-0.15, -0.1) is 23.5 Å². The smallest absolute Gasteiger partial charge is 0.504 e. The van der Waals surface area contributed by atoms with E-state index in [-0.39, 0.29) is 118 Å². The van der Waals surface area contributed by atoms with E-state index in [1.54, 1.807) is 38.1 Å². The fourth-order valence-electron chi connectivity index (χ4n) is 20.4. The third kappa shape index (κ3) is 12.3. The summed E-state index contributed by atoms with van der Waals surface area (Å²) >= 11 is 2.87. The summed E-state index contributed by atoms with van der Waals surface area (Å²) in [6.45, 7) is 14.7. The second-order valence-corrected chi connectivity index (χ2v) is 33.0. The summed E-state index contributed by atoms with van der Waals surface area (Å²) < 4.78 is 82.9. The molecule has 0 saturated carbocycles. The Labute approximate surface area is 685 Å². The standard InChI is InChI=1S/C42H44N4O11S.C41H45N3O12S.2CH4/c1-7-10-53-41(50)57-36-20(3)37-38(56-18-55-37)30-26-16-54-40(49)42(23-14-28(51-5)27(47)13-21(23)8-9-44-42)17-58-39(31(30)36)33-32-29-22(11-19(2)35(52-6)34(29)48)12-24(45(32)4)25(15-43)46(26)33;1-7-10-52-40(49)56-34-19(3)35-36(55-17-54-35)28-24-15-53-39(48)41(22-14-26(50-5)25(45)13-20(22)8-9-42-41)16-57-37(29(28)34)31-30-27-21(11-18(2)33(51-6)32(27)46)12-23(43(30)4)38(47)44(24)31;;/h7,11,13-14,24-26,32-33,39,44,47-48H,1,8-10,12,16-18H2,2-6H3;7,11,13-14,23-24,30-31,37-38,42,45-47H,1,8-10,12,15-17H2,2-6H3;2*1H4/t24-,25-,26-,32+,33?,39+,42+;23-,24-,30+,31?,37+,38-,41+;;/m00../s1. The van der Waals surface area contributed by atoms with Gasteiger partial charge in [0.1, 0.15) is 50.2 Å². The molecule has 14 heterocycles. The number of fused-ring (bicyclic) bond motifs is 18. The minimum absolute atomic E-state index is 0. The van der Waals surface area contributed by atoms with Gasteiger partial charge in [0.05, 0.1) is 75.2 Å². The minimum Gasteiger partial charge on any atom is -0.504 e. The van der Waals surface area contributed by atoms with Crippen LogP contribution in [0.3, 0.4) is 0 Å². The summed E-state index contributed by atoms with van der Waals surface area (Å²) in [6.07, 6.45) is 1.88. The molecular formula is C85H97N7O23S2. The van der Waals surface area contributed by atoms with E-state index in [1.807, 2.05) is 45.0 Å². The molecule has 2 spiro atoms. The number of nitrogens with zero attached hydrogens (tertiary/aromatic N) is 5. The van der Waals surface area contributed by atoms with E-state index >= 15 is 0 Å². The van der Waals surface area contributed by atoms with Crippen molar-refractivity contribution in [1.82, 2.24) is 30.2 Å². The molecule has 30 nitrogen and oxygen atoms in total. The first kappa shape index (κ1) is 81.9. The summed E-state index contributed by atoms with van der Waals surface area (Å²) in [5.74, 6) is 2.22. The fraction of sp³-hybridized carbons (Fsp3) is 0.471. The Kier molecular flexibility index (Phi) is 21.9. The van der Waals surface area contributed by atoms with Gasteiger partial charge < -0.3 is 91.8 Å². The second-order valence-electron chi connectivity index (χ2n) is 30.7. The molecular weight excluding hydrogens is 1550 g/mol. The van der Waals surface area contributed by atoms with Gasteiger partial charge in [-0.25, -0.2) is 19.2 Å². The predicted octanol–water partition coefficient (Wildman–Crippen LogP) is 10.2. The normalized spacial score (nSPS) is 27.6. The van der Waals surface area contributed by atoms with Gasteiger partial charge in [0.2, 0.25) is 13.6 Å². The number of aromatic hydroxyl groups is 4. The molecule has 14 atom stereocenters. The number of esters is 2. The average Bonchev–Trinajstić information content (AvgIpc) is 1.51. The van der Waals surface area contributed by atoms with Crippen molar-refractivity contribution in [3.8, 4) is 86.6 Å². The Morgan fingerprint density at radius 1 is 0.573 bits per heavy atom. The van der Waals surface area contributed by atoms with Crippen LogP contribution in [0.4, 0.5) is 9.59 Å². The molecule has 7 N–H and O–H groups in total. The first-order chi connectivity index (χ1) is 55.4. The molecule has 4 fully saturated rings. The Hall–Kier alpha value is -10.2. The van der Waals surface area contributed by atoms with Crippen LogP contribution in [0.5, 0.6) is 80.5 Å². The third-order valence-corrected chi connectivity index (χ3v) is 28.2. The van der Waals surface area contributed by atoms with Gasteiger partial charge in [0, 0.05) is 87.2 Å². The zero-order valence-electron chi connectivity index (χ0n) is 65.0. The van der Waals surface area contributed by atoms with Gasteiger partial charge in [-0.1, -0.05) is 52.3 Å². The fourth-order valence-corrected chi connectivity index (χ4v) is 23.8. The highest BCUT2D eigenvalue weighted by molar-refractivity contribution is 7.99. The van der Waals surface area contributed by atoms with E-state index in [4.69, 9.17) is 66.3 Å². The maximum atomic E-state index is 14.8. The van der Waals surface area contributed by atoms with Gasteiger partial charge in [-0.3, -0.25) is 30.2 Å². The van der Waals surface area contributed by atoms with Gasteiger partial charge in [-0.05, 0) is 136 Å². The zero-order valence-corrected chi connectivity index (χ0v) is 66.6. The molecule has 6 aromatic carbocycles. The molecule has 0 amide bonds. The minimum atomic E-state index is -1.40. The number of likely N-dealkylation sites (N-methyl/N-ethyl adjacent to an activating group) is 2. The number of piperazine rings is 2. The first-order valence-electron chi connectivity index (χ1n) is 38.0. The summed E-state index contributed by atoms with van der Waals surface area (Å²) in [5.41, 5.74) is 8.01. The number of phenols is 4.